The minimum absolute atomic E-state index is 0.151. The molecule has 160 valence electrons. The second-order valence-corrected chi connectivity index (χ2v) is 8.29. The lowest BCUT2D eigenvalue weighted by Gasteiger charge is -2.06. The molecule has 1 fully saturated rings. The first-order chi connectivity index (χ1) is 14.6. The molecule has 0 unspecified atom stereocenters. The Morgan fingerprint density at radius 3 is 2.73 bits per heavy atom. The number of allylic oxidation sites excluding steroid dienone is 5. The number of unbranched alkanes of at least 4 members (excludes halogenated alkanes) is 1. The number of carbonyl (C=O) groups is 2. The van der Waals surface area contributed by atoms with Gasteiger partial charge in [0.1, 0.15) is 0 Å². The fourth-order valence-corrected chi connectivity index (χ4v) is 3.67. The molecule has 1 saturated carbocycles. The van der Waals surface area contributed by atoms with Crippen molar-refractivity contribution in [3.63, 3.8) is 0 Å². The minimum atomic E-state index is -0.507. The van der Waals surface area contributed by atoms with Crippen molar-refractivity contribution in [2.75, 3.05) is 0 Å². The van der Waals surface area contributed by atoms with E-state index in [0.29, 0.717) is 31.7 Å². The quantitative estimate of drug-likeness (QED) is 0.393. The van der Waals surface area contributed by atoms with Crippen LogP contribution in [0.1, 0.15) is 63.4 Å². The van der Waals surface area contributed by atoms with Gasteiger partial charge < -0.3 is 10.4 Å². The van der Waals surface area contributed by atoms with Crippen LogP contribution in [0.3, 0.4) is 0 Å². The molecule has 0 heterocycles. The Kier molecular flexibility index (Phi) is 8.64. The van der Waals surface area contributed by atoms with Crippen molar-refractivity contribution in [2.45, 2.75) is 76.4 Å². The van der Waals surface area contributed by atoms with E-state index >= 15 is 0 Å². The molecule has 4 nitrogen and oxygen atoms in total. The van der Waals surface area contributed by atoms with E-state index in [1.807, 2.05) is 36.4 Å². The number of aryl methyl sites for hydroxylation is 1. The van der Waals surface area contributed by atoms with Gasteiger partial charge in [-0.05, 0) is 62.5 Å². The van der Waals surface area contributed by atoms with Gasteiger partial charge in [-0.3, -0.25) is 9.59 Å². The molecular weight excluding hydrogens is 374 g/mol. The van der Waals surface area contributed by atoms with Crippen molar-refractivity contribution < 1.29 is 14.7 Å². The van der Waals surface area contributed by atoms with E-state index < -0.39 is 6.10 Å². The molecule has 1 amide bonds. The summed E-state index contributed by atoms with van der Waals surface area (Å²) in [6, 6.07) is 10.6. The van der Waals surface area contributed by atoms with Crippen molar-refractivity contribution in [2.24, 2.45) is 0 Å². The van der Waals surface area contributed by atoms with Gasteiger partial charge in [0.05, 0.1) is 6.10 Å². The molecule has 0 radical (unpaired) electrons. The van der Waals surface area contributed by atoms with Crippen LogP contribution in [0, 0.1) is 0 Å². The normalized spacial score (nSPS) is 18.0. The van der Waals surface area contributed by atoms with Crippen molar-refractivity contribution >= 4 is 11.7 Å². The van der Waals surface area contributed by atoms with Crippen LogP contribution in [-0.4, -0.2) is 28.9 Å². The van der Waals surface area contributed by atoms with E-state index in [4.69, 9.17) is 0 Å². The van der Waals surface area contributed by atoms with Gasteiger partial charge in [0.2, 0.25) is 5.91 Å². The highest BCUT2D eigenvalue weighted by Gasteiger charge is 2.22. The van der Waals surface area contributed by atoms with Crippen LogP contribution in [0.15, 0.2) is 65.8 Å². The second-order valence-electron chi connectivity index (χ2n) is 8.29. The van der Waals surface area contributed by atoms with Crippen LogP contribution >= 0.6 is 0 Å². The number of Topliss-reactive ketones (excluding diaryl/α,β-unsaturated/α-hetero) is 1. The maximum absolute atomic E-state index is 12.2. The predicted molar refractivity (Wildman–Crippen MR) is 120 cm³/mol. The summed E-state index contributed by atoms with van der Waals surface area (Å²) in [5.41, 5.74) is 3.13. The first-order valence-corrected chi connectivity index (χ1v) is 11.2. The van der Waals surface area contributed by atoms with Crippen LogP contribution < -0.4 is 5.32 Å². The Morgan fingerprint density at radius 1 is 1.17 bits per heavy atom. The van der Waals surface area contributed by atoms with Crippen LogP contribution in [-0.2, 0) is 16.0 Å². The number of rotatable bonds is 12. The van der Waals surface area contributed by atoms with E-state index in [1.165, 1.54) is 5.56 Å². The highest BCUT2D eigenvalue weighted by molar-refractivity contribution is 5.99. The third-order valence-corrected chi connectivity index (χ3v) is 5.64. The number of aliphatic hydroxyl groups excluding tert-OH is 1. The van der Waals surface area contributed by atoms with E-state index in [1.54, 1.807) is 0 Å². The molecule has 3 rings (SSSR count). The molecule has 30 heavy (non-hydrogen) atoms. The number of nitrogens with one attached hydrogen (secondary N) is 1. The summed E-state index contributed by atoms with van der Waals surface area (Å²) in [4.78, 5) is 23.9. The molecule has 0 aliphatic heterocycles. The summed E-state index contributed by atoms with van der Waals surface area (Å²) in [7, 11) is 0. The maximum atomic E-state index is 12.2. The summed E-state index contributed by atoms with van der Waals surface area (Å²) < 4.78 is 0. The molecule has 1 atom stereocenters. The monoisotopic (exact) mass is 407 g/mol. The number of benzene rings is 1. The van der Waals surface area contributed by atoms with Crippen LogP contribution in [0.5, 0.6) is 0 Å². The van der Waals surface area contributed by atoms with Crippen molar-refractivity contribution in [1.82, 2.24) is 5.32 Å². The lowest BCUT2D eigenvalue weighted by Crippen LogP contribution is -2.24. The van der Waals surface area contributed by atoms with Gasteiger partial charge >= 0.3 is 0 Å². The summed E-state index contributed by atoms with van der Waals surface area (Å²) in [5.74, 6) is 0.361. The molecule has 0 spiro atoms. The van der Waals surface area contributed by atoms with Crippen LogP contribution in [0.25, 0.3) is 0 Å². The molecule has 2 aliphatic carbocycles. The van der Waals surface area contributed by atoms with Gasteiger partial charge in [-0.1, -0.05) is 54.6 Å². The van der Waals surface area contributed by atoms with Gasteiger partial charge in [-0.15, -0.1) is 0 Å². The highest BCUT2D eigenvalue weighted by atomic mass is 16.3. The van der Waals surface area contributed by atoms with Crippen molar-refractivity contribution in [1.29, 1.82) is 0 Å². The number of amides is 1. The summed E-state index contributed by atoms with van der Waals surface area (Å²) in [6.07, 6.45) is 15.3. The van der Waals surface area contributed by atoms with E-state index in [9.17, 15) is 14.7 Å². The van der Waals surface area contributed by atoms with Gasteiger partial charge in [-0.25, -0.2) is 0 Å². The number of hydrogen-bond acceptors (Lipinski definition) is 3. The molecule has 0 aromatic heterocycles. The average Bonchev–Trinajstić information content (AvgIpc) is 3.50. The molecule has 2 N–H and O–H groups in total. The summed E-state index contributed by atoms with van der Waals surface area (Å²) in [5, 5.41) is 13.3. The van der Waals surface area contributed by atoms with Gasteiger partial charge in [0.25, 0.3) is 0 Å². The fraction of sp³-hybridized carbons (Fsp3) is 0.462. The number of aliphatic hydroxyl groups is 1. The molecule has 2 aliphatic rings. The topological polar surface area (TPSA) is 66.4 Å². The first-order valence-electron chi connectivity index (χ1n) is 11.2. The second kappa shape index (κ2) is 11.7. The van der Waals surface area contributed by atoms with E-state index in [2.05, 4.69) is 23.5 Å². The third-order valence-electron chi connectivity index (χ3n) is 5.64. The molecule has 0 saturated heterocycles. The molecule has 1 aromatic rings. The van der Waals surface area contributed by atoms with E-state index in [0.717, 1.165) is 49.7 Å². The minimum Gasteiger partial charge on any atom is -0.389 e. The summed E-state index contributed by atoms with van der Waals surface area (Å²) in [6.45, 7) is 0. The zero-order valence-corrected chi connectivity index (χ0v) is 17.7. The van der Waals surface area contributed by atoms with Gasteiger partial charge in [-0.2, -0.15) is 0 Å². The summed E-state index contributed by atoms with van der Waals surface area (Å²) >= 11 is 0. The zero-order valence-electron chi connectivity index (χ0n) is 17.7. The highest BCUT2D eigenvalue weighted by Crippen LogP contribution is 2.27. The first kappa shape index (κ1) is 22.2. The molecular formula is C26H33NO3. The Balaban J connectivity index is 1.40. The fourth-order valence-electron chi connectivity index (χ4n) is 3.67. The standard InChI is InChI=1S/C26H33NO3/c28-23(17-12-20-8-4-3-5-9-20)18-13-21-14-19-25(29)24(21)10-6-1-2-7-11-26(30)27-22-15-16-22/h1,3-6,8-9,13,18,22-23,28H,2,7,10-12,14-17,19H2,(H,27,30)/t23-/m0/s1. The Morgan fingerprint density at radius 2 is 1.97 bits per heavy atom. The number of hydrogen-bond donors (Lipinski definition) is 2. The molecule has 0 bridgehead atoms. The largest absolute Gasteiger partial charge is 0.389 e. The lowest BCUT2D eigenvalue weighted by atomic mass is 10.0. The third kappa shape index (κ3) is 7.75. The predicted octanol–water partition coefficient (Wildman–Crippen LogP) is 4.59. The number of ketones is 1. The Bertz CT molecular complexity index is 803. The van der Waals surface area contributed by atoms with E-state index in [-0.39, 0.29) is 11.7 Å². The Labute approximate surface area is 179 Å². The smallest absolute Gasteiger partial charge is 0.220 e. The zero-order chi connectivity index (χ0) is 21.2. The van der Waals surface area contributed by atoms with Crippen LogP contribution in [0.4, 0.5) is 0 Å². The molecule has 4 heteroatoms. The SMILES string of the molecule is O=C(CCCC=CCC1=C(C=C[C@@H](O)CCc2ccccc2)CCC1=O)NC1CC1. The van der Waals surface area contributed by atoms with Crippen LogP contribution in [0.2, 0.25) is 0 Å². The van der Waals surface area contributed by atoms with Gasteiger partial charge in [0.15, 0.2) is 5.78 Å². The maximum Gasteiger partial charge on any atom is 0.220 e. The number of carbonyl (C=O) groups excluding carboxylic acids is 2. The van der Waals surface area contributed by atoms with Gasteiger partial charge in [0, 0.05) is 24.5 Å². The average molecular weight is 408 g/mol. The lowest BCUT2D eigenvalue weighted by molar-refractivity contribution is -0.121. The van der Waals surface area contributed by atoms with Crippen molar-refractivity contribution in [3.05, 3.63) is 71.3 Å². The molecule has 1 aromatic carbocycles. The Hall–Kier alpha value is -2.46. The van der Waals surface area contributed by atoms with Crippen molar-refractivity contribution in [3.8, 4) is 0 Å².